The Balaban J connectivity index is 2.19. The predicted octanol–water partition coefficient (Wildman–Crippen LogP) is 1.73. The van der Waals surface area contributed by atoms with Crippen LogP contribution in [0, 0.1) is 0 Å². The van der Waals surface area contributed by atoms with Crippen LogP contribution in [0.4, 0.5) is 5.95 Å². The Bertz CT molecular complexity index is 359. The zero-order valence-electron chi connectivity index (χ0n) is 9.10. The monoisotopic (exact) mass is 205 g/mol. The minimum absolute atomic E-state index is 0.132. The van der Waals surface area contributed by atoms with E-state index >= 15 is 0 Å². The summed E-state index contributed by atoms with van der Waals surface area (Å²) in [5.74, 6) is 1.10. The van der Waals surface area contributed by atoms with Gasteiger partial charge in [-0.3, -0.25) is 9.69 Å². The van der Waals surface area contributed by atoms with E-state index in [-0.39, 0.29) is 5.91 Å². The molecule has 1 amide bonds. The lowest BCUT2D eigenvalue weighted by Gasteiger charge is -2.13. The van der Waals surface area contributed by atoms with Gasteiger partial charge in [0.1, 0.15) is 0 Å². The van der Waals surface area contributed by atoms with Crippen LogP contribution in [0.25, 0.3) is 0 Å². The van der Waals surface area contributed by atoms with Gasteiger partial charge in [-0.05, 0) is 17.9 Å². The first-order valence-corrected chi connectivity index (χ1v) is 5.31. The molecule has 15 heavy (non-hydrogen) atoms. The summed E-state index contributed by atoms with van der Waals surface area (Å²) in [4.78, 5) is 21.5. The fourth-order valence-electron chi connectivity index (χ4n) is 1.63. The highest BCUT2D eigenvalue weighted by atomic mass is 16.2. The maximum Gasteiger partial charge on any atom is 0.232 e. The first kappa shape index (κ1) is 10.1. The molecular weight excluding hydrogens is 190 g/mol. The molecule has 0 atom stereocenters. The summed E-state index contributed by atoms with van der Waals surface area (Å²) in [5.41, 5.74) is 1.10. The van der Waals surface area contributed by atoms with E-state index in [0.717, 1.165) is 18.5 Å². The second kappa shape index (κ2) is 3.96. The number of carbonyl (C=O) groups excluding carboxylic acids is 1. The minimum atomic E-state index is 0.132. The minimum Gasteiger partial charge on any atom is -0.281 e. The molecule has 1 aliphatic heterocycles. The summed E-state index contributed by atoms with van der Waals surface area (Å²) < 4.78 is 0. The normalized spacial score (nSPS) is 16.5. The van der Waals surface area contributed by atoms with Crippen LogP contribution in [-0.2, 0) is 4.79 Å². The van der Waals surface area contributed by atoms with Gasteiger partial charge in [-0.1, -0.05) is 13.8 Å². The number of amides is 1. The van der Waals surface area contributed by atoms with Crippen molar-refractivity contribution >= 4 is 11.9 Å². The highest BCUT2D eigenvalue weighted by Gasteiger charge is 2.23. The first-order chi connectivity index (χ1) is 7.18. The van der Waals surface area contributed by atoms with Crippen LogP contribution in [0.2, 0.25) is 0 Å². The van der Waals surface area contributed by atoms with E-state index in [0.29, 0.717) is 18.3 Å². The number of anilines is 1. The standard InChI is InChI=1S/C11H15N3O/c1-8(2)9-6-12-11(13-7-9)14-5-3-4-10(14)15/h6-8H,3-5H2,1-2H3. The molecule has 4 heteroatoms. The van der Waals surface area contributed by atoms with Gasteiger partial charge in [-0.2, -0.15) is 0 Å². The summed E-state index contributed by atoms with van der Waals surface area (Å²) in [6.45, 7) is 4.94. The van der Waals surface area contributed by atoms with Gasteiger partial charge < -0.3 is 0 Å². The number of nitrogens with zero attached hydrogens (tertiary/aromatic N) is 3. The van der Waals surface area contributed by atoms with Crippen LogP contribution in [-0.4, -0.2) is 22.4 Å². The smallest absolute Gasteiger partial charge is 0.232 e. The number of rotatable bonds is 2. The van der Waals surface area contributed by atoms with Crippen molar-refractivity contribution in [3.05, 3.63) is 18.0 Å². The van der Waals surface area contributed by atoms with Crippen molar-refractivity contribution in [3.8, 4) is 0 Å². The van der Waals surface area contributed by atoms with Crippen molar-refractivity contribution in [3.63, 3.8) is 0 Å². The second-order valence-corrected chi connectivity index (χ2v) is 4.12. The summed E-state index contributed by atoms with van der Waals surface area (Å²) in [7, 11) is 0. The number of hydrogen-bond donors (Lipinski definition) is 0. The van der Waals surface area contributed by atoms with Crippen molar-refractivity contribution in [1.29, 1.82) is 0 Å². The third kappa shape index (κ3) is 1.98. The molecule has 1 saturated heterocycles. The van der Waals surface area contributed by atoms with Crippen molar-refractivity contribution < 1.29 is 4.79 Å². The molecule has 0 saturated carbocycles. The van der Waals surface area contributed by atoms with E-state index in [1.807, 2.05) is 0 Å². The maximum absolute atomic E-state index is 11.4. The van der Waals surface area contributed by atoms with E-state index in [4.69, 9.17) is 0 Å². The lowest BCUT2D eigenvalue weighted by molar-refractivity contribution is -0.117. The highest BCUT2D eigenvalue weighted by Crippen LogP contribution is 2.18. The summed E-state index contributed by atoms with van der Waals surface area (Å²) in [6, 6.07) is 0. The lowest BCUT2D eigenvalue weighted by atomic mass is 10.1. The first-order valence-electron chi connectivity index (χ1n) is 5.31. The Hall–Kier alpha value is -1.45. The average molecular weight is 205 g/mol. The molecule has 0 N–H and O–H groups in total. The molecule has 0 aliphatic carbocycles. The number of carbonyl (C=O) groups is 1. The third-order valence-electron chi connectivity index (χ3n) is 2.64. The molecule has 1 aliphatic rings. The molecule has 1 fully saturated rings. The molecule has 0 bridgehead atoms. The van der Waals surface area contributed by atoms with E-state index in [1.165, 1.54) is 0 Å². The molecule has 0 aromatic carbocycles. The van der Waals surface area contributed by atoms with E-state index in [9.17, 15) is 4.79 Å². The van der Waals surface area contributed by atoms with Gasteiger partial charge in [0.25, 0.3) is 0 Å². The van der Waals surface area contributed by atoms with Gasteiger partial charge in [-0.25, -0.2) is 9.97 Å². The van der Waals surface area contributed by atoms with E-state index < -0.39 is 0 Å². The van der Waals surface area contributed by atoms with Crippen molar-refractivity contribution in [2.75, 3.05) is 11.4 Å². The fourth-order valence-corrected chi connectivity index (χ4v) is 1.63. The Morgan fingerprint density at radius 1 is 1.33 bits per heavy atom. The van der Waals surface area contributed by atoms with Crippen molar-refractivity contribution in [2.24, 2.45) is 0 Å². The Morgan fingerprint density at radius 3 is 2.47 bits per heavy atom. The van der Waals surface area contributed by atoms with Crippen LogP contribution in [0.1, 0.15) is 38.2 Å². The molecule has 2 rings (SSSR count). The Labute approximate surface area is 89.3 Å². The zero-order chi connectivity index (χ0) is 10.8. The Morgan fingerprint density at radius 2 is 2.00 bits per heavy atom. The molecule has 0 unspecified atom stereocenters. The number of aromatic nitrogens is 2. The third-order valence-corrected chi connectivity index (χ3v) is 2.64. The van der Waals surface area contributed by atoms with E-state index in [2.05, 4.69) is 23.8 Å². The SMILES string of the molecule is CC(C)c1cnc(N2CCCC2=O)nc1. The molecule has 2 heterocycles. The number of hydrogen-bond acceptors (Lipinski definition) is 3. The van der Waals surface area contributed by atoms with Gasteiger partial charge in [0, 0.05) is 25.4 Å². The zero-order valence-corrected chi connectivity index (χ0v) is 9.10. The van der Waals surface area contributed by atoms with Gasteiger partial charge in [0.15, 0.2) is 0 Å². The van der Waals surface area contributed by atoms with Crippen LogP contribution < -0.4 is 4.90 Å². The summed E-state index contributed by atoms with van der Waals surface area (Å²) in [5, 5.41) is 0. The van der Waals surface area contributed by atoms with Crippen LogP contribution >= 0.6 is 0 Å². The van der Waals surface area contributed by atoms with Gasteiger partial charge in [-0.15, -0.1) is 0 Å². The van der Waals surface area contributed by atoms with Gasteiger partial charge >= 0.3 is 0 Å². The highest BCUT2D eigenvalue weighted by molar-refractivity contribution is 5.93. The van der Waals surface area contributed by atoms with Crippen LogP contribution in [0.5, 0.6) is 0 Å². The van der Waals surface area contributed by atoms with Crippen LogP contribution in [0.15, 0.2) is 12.4 Å². The van der Waals surface area contributed by atoms with Gasteiger partial charge in [0.2, 0.25) is 11.9 Å². The fraction of sp³-hybridized carbons (Fsp3) is 0.545. The van der Waals surface area contributed by atoms with Crippen molar-refractivity contribution in [1.82, 2.24) is 9.97 Å². The lowest BCUT2D eigenvalue weighted by Crippen LogP contribution is -2.25. The second-order valence-electron chi connectivity index (χ2n) is 4.12. The molecule has 1 aromatic rings. The predicted molar refractivity (Wildman–Crippen MR) is 57.7 cm³/mol. The van der Waals surface area contributed by atoms with Crippen LogP contribution in [0.3, 0.4) is 0 Å². The molecule has 1 aromatic heterocycles. The molecule has 80 valence electrons. The molecule has 4 nitrogen and oxygen atoms in total. The average Bonchev–Trinajstić information content (AvgIpc) is 2.65. The van der Waals surface area contributed by atoms with Gasteiger partial charge in [0.05, 0.1) is 0 Å². The van der Waals surface area contributed by atoms with Crippen molar-refractivity contribution in [2.45, 2.75) is 32.6 Å². The largest absolute Gasteiger partial charge is 0.281 e. The van der Waals surface area contributed by atoms with E-state index in [1.54, 1.807) is 17.3 Å². The molecule has 0 spiro atoms. The summed E-state index contributed by atoms with van der Waals surface area (Å²) in [6.07, 6.45) is 5.14. The Kier molecular flexibility index (Phi) is 2.66. The quantitative estimate of drug-likeness (QED) is 0.738. The topological polar surface area (TPSA) is 46.1 Å². The molecular formula is C11H15N3O. The maximum atomic E-state index is 11.4. The molecule has 0 radical (unpaired) electrons. The summed E-state index contributed by atoms with van der Waals surface area (Å²) >= 11 is 0.